The number of halogens is 2. The number of hydrogen-bond acceptors (Lipinski definition) is 2. The molecule has 1 aromatic rings. The molecule has 124 valence electrons. The third kappa shape index (κ3) is 6.08. The molecular weight excluding hydrogens is 394 g/mol. The summed E-state index contributed by atoms with van der Waals surface area (Å²) in [7, 11) is 1.76. The van der Waals surface area contributed by atoms with E-state index in [1.54, 1.807) is 13.1 Å². The standard InChI is InChI=1S/C16H25FN4.HI/c1-3-21-8-7-14(12-21)11-20-16(18-2)19-10-13-5-4-6-15(17)9-13;/h4-6,9,14H,3,7-8,10-12H2,1-2H3,(H2,18,19,20);1H. The maximum absolute atomic E-state index is 13.1. The monoisotopic (exact) mass is 420 g/mol. The van der Waals surface area contributed by atoms with E-state index in [1.807, 2.05) is 6.07 Å². The Morgan fingerprint density at radius 2 is 2.23 bits per heavy atom. The molecule has 4 nitrogen and oxygen atoms in total. The summed E-state index contributed by atoms with van der Waals surface area (Å²) in [6.07, 6.45) is 1.24. The minimum absolute atomic E-state index is 0. The Balaban J connectivity index is 0.00000242. The Morgan fingerprint density at radius 1 is 1.41 bits per heavy atom. The smallest absolute Gasteiger partial charge is 0.191 e. The fourth-order valence-electron chi connectivity index (χ4n) is 2.66. The number of rotatable bonds is 5. The summed E-state index contributed by atoms with van der Waals surface area (Å²) in [5.74, 6) is 1.25. The molecule has 1 aliphatic heterocycles. The lowest BCUT2D eigenvalue weighted by atomic mass is 10.1. The van der Waals surface area contributed by atoms with Gasteiger partial charge in [-0.25, -0.2) is 4.39 Å². The summed E-state index contributed by atoms with van der Waals surface area (Å²) in [6.45, 7) is 7.18. The number of nitrogens with zero attached hydrogens (tertiary/aromatic N) is 2. The van der Waals surface area contributed by atoms with Crippen LogP contribution in [0.5, 0.6) is 0 Å². The molecule has 1 saturated heterocycles. The fourth-order valence-corrected chi connectivity index (χ4v) is 2.66. The molecule has 2 N–H and O–H groups in total. The summed E-state index contributed by atoms with van der Waals surface area (Å²) < 4.78 is 13.1. The highest BCUT2D eigenvalue weighted by molar-refractivity contribution is 14.0. The Hall–Kier alpha value is -0.890. The summed E-state index contributed by atoms with van der Waals surface area (Å²) in [5, 5.41) is 6.58. The molecular formula is C16H26FIN4. The molecule has 0 bridgehead atoms. The number of nitrogens with one attached hydrogen (secondary N) is 2. The molecule has 1 aliphatic rings. The molecule has 1 unspecified atom stereocenters. The number of guanidine groups is 1. The molecule has 1 heterocycles. The van der Waals surface area contributed by atoms with Crippen LogP contribution in [-0.4, -0.2) is 44.1 Å². The van der Waals surface area contributed by atoms with Gasteiger partial charge in [0.2, 0.25) is 0 Å². The van der Waals surface area contributed by atoms with E-state index in [-0.39, 0.29) is 29.8 Å². The third-order valence-corrected chi connectivity index (χ3v) is 3.95. The van der Waals surface area contributed by atoms with E-state index in [0.29, 0.717) is 12.5 Å². The molecule has 22 heavy (non-hydrogen) atoms. The highest BCUT2D eigenvalue weighted by atomic mass is 127. The number of hydrogen-bond donors (Lipinski definition) is 2. The van der Waals surface area contributed by atoms with Crippen LogP contribution in [0, 0.1) is 11.7 Å². The van der Waals surface area contributed by atoms with E-state index in [4.69, 9.17) is 0 Å². The summed E-state index contributed by atoms with van der Waals surface area (Å²) in [4.78, 5) is 6.68. The Kier molecular flexibility index (Phi) is 8.70. The topological polar surface area (TPSA) is 39.7 Å². The minimum Gasteiger partial charge on any atom is -0.356 e. The van der Waals surface area contributed by atoms with Gasteiger partial charge in [-0.15, -0.1) is 24.0 Å². The predicted molar refractivity (Wildman–Crippen MR) is 100 cm³/mol. The highest BCUT2D eigenvalue weighted by Crippen LogP contribution is 2.14. The number of likely N-dealkylation sites (tertiary alicyclic amines) is 1. The quantitative estimate of drug-likeness (QED) is 0.437. The number of benzene rings is 1. The van der Waals surface area contributed by atoms with Crippen LogP contribution in [0.1, 0.15) is 18.9 Å². The van der Waals surface area contributed by atoms with E-state index in [2.05, 4.69) is 27.4 Å². The van der Waals surface area contributed by atoms with Crippen molar-refractivity contribution < 1.29 is 4.39 Å². The van der Waals surface area contributed by atoms with Crippen molar-refractivity contribution in [1.29, 1.82) is 0 Å². The highest BCUT2D eigenvalue weighted by Gasteiger charge is 2.20. The summed E-state index contributed by atoms with van der Waals surface area (Å²) >= 11 is 0. The van der Waals surface area contributed by atoms with Crippen molar-refractivity contribution in [3.8, 4) is 0 Å². The normalized spacial score (nSPS) is 18.9. The average molecular weight is 420 g/mol. The largest absolute Gasteiger partial charge is 0.356 e. The molecule has 0 radical (unpaired) electrons. The van der Waals surface area contributed by atoms with Gasteiger partial charge in [-0.1, -0.05) is 19.1 Å². The molecule has 6 heteroatoms. The van der Waals surface area contributed by atoms with Gasteiger partial charge in [-0.2, -0.15) is 0 Å². The molecule has 1 aromatic carbocycles. The van der Waals surface area contributed by atoms with E-state index >= 15 is 0 Å². The SMILES string of the molecule is CCN1CCC(CNC(=NC)NCc2cccc(F)c2)C1.I. The van der Waals surface area contributed by atoms with Crippen molar-refractivity contribution in [2.75, 3.05) is 33.2 Å². The summed E-state index contributed by atoms with van der Waals surface area (Å²) in [5.41, 5.74) is 0.913. The van der Waals surface area contributed by atoms with Gasteiger partial charge in [0, 0.05) is 26.7 Å². The zero-order valence-electron chi connectivity index (χ0n) is 13.3. The van der Waals surface area contributed by atoms with Gasteiger partial charge in [0.05, 0.1) is 0 Å². The first-order valence-electron chi connectivity index (χ1n) is 7.62. The zero-order valence-corrected chi connectivity index (χ0v) is 15.6. The van der Waals surface area contributed by atoms with Gasteiger partial charge < -0.3 is 15.5 Å². The lowest BCUT2D eigenvalue weighted by molar-refractivity contribution is 0.342. The average Bonchev–Trinajstić information content (AvgIpc) is 2.95. The van der Waals surface area contributed by atoms with Gasteiger partial charge in [0.1, 0.15) is 5.82 Å². The maximum Gasteiger partial charge on any atom is 0.191 e. The molecule has 2 rings (SSSR count). The molecule has 0 amide bonds. The Morgan fingerprint density at radius 3 is 2.86 bits per heavy atom. The van der Waals surface area contributed by atoms with Gasteiger partial charge in [-0.3, -0.25) is 4.99 Å². The minimum atomic E-state index is -0.206. The fraction of sp³-hybridized carbons (Fsp3) is 0.562. The maximum atomic E-state index is 13.1. The second-order valence-electron chi connectivity index (χ2n) is 5.48. The van der Waals surface area contributed by atoms with Crippen LogP contribution < -0.4 is 10.6 Å². The van der Waals surface area contributed by atoms with Crippen LogP contribution in [0.4, 0.5) is 4.39 Å². The van der Waals surface area contributed by atoms with E-state index < -0.39 is 0 Å². The van der Waals surface area contributed by atoms with Gasteiger partial charge in [0.25, 0.3) is 0 Å². The lowest BCUT2D eigenvalue weighted by Gasteiger charge is -2.16. The van der Waals surface area contributed by atoms with Crippen molar-refractivity contribution >= 4 is 29.9 Å². The first kappa shape index (κ1) is 19.2. The Labute approximate surface area is 149 Å². The molecule has 1 fully saturated rings. The second kappa shape index (κ2) is 9.99. The van der Waals surface area contributed by atoms with Crippen LogP contribution >= 0.6 is 24.0 Å². The van der Waals surface area contributed by atoms with Crippen LogP contribution in [-0.2, 0) is 6.54 Å². The molecule has 0 aliphatic carbocycles. The van der Waals surface area contributed by atoms with Crippen molar-refractivity contribution in [3.05, 3.63) is 35.6 Å². The van der Waals surface area contributed by atoms with E-state index in [9.17, 15) is 4.39 Å². The zero-order chi connectivity index (χ0) is 15.1. The van der Waals surface area contributed by atoms with E-state index in [0.717, 1.165) is 31.2 Å². The number of aliphatic imine (C=N–C) groups is 1. The van der Waals surface area contributed by atoms with Crippen molar-refractivity contribution in [3.63, 3.8) is 0 Å². The van der Waals surface area contributed by atoms with Crippen LogP contribution in [0.2, 0.25) is 0 Å². The van der Waals surface area contributed by atoms with Gasteiger partial charge in [-0.05, 0) is 43.1 Å². The van der Waals surface area contributed by atoms with Gasteiger partial charge in [0.15, 0.2) is 5.96 Å². The van der Waals surface area contributed by atoms with E-state index in [1.165, 1.54) is 25.1 Å². The summed E-state index contributed by atoms with van der Waals surface area (Å²) in [6, 6.07) is 6.62. The second-order valence-corrected chi connectivity index (χ2v) is 5.48. The van der Waals surface area contributed by atoms with Crippen molar-refractivity contribution in [2.24, 2.45) is 10.9 Å². The molecule has 1 atom stereocenters. The first-order valence-corrected chi connectivity index (χ1v) is 7.62. The molecule has 0 saturated carbocycles. The van der Waals surface area contributed by atoms with Crippen molar-refractivity contribution in [2.45, 2.75) is 19.9 Å². The molecule has 0 aromatic heterocycles. The Bertz CT molecular complexity index is 481. The molecule has 0 spiro atoms. The van der Waals surface area contributed by atoms with Crippen LogP contribution in [0.15, 0.2) is 29.3 Å². The third-order valence-electron chi connectivity index (χ3n) is 3.95. The van der Waals surface area contributed by atoms with Crippen LogP contribution in [0.3, 0.4) is 0 Å². The first-order chi connectivity index (χ1) is 10.2. The van der Waals surface area contributed by atoms with Crippen molar-refractivity contribution in [1.82, 2.24) is 15.5 Å². The van der Waals surface area contributed by atoms with Crippen LogP contribution in [0.25, 0.3) is 0 Å². The van der Waals surface area contributed by atoms with Gasteiger partial charge >= 0.3 is 0 Å². The lowest BCUT2D eigenvalue weighted by Crippen LogP contribution is -2.39. The predicted octanol–water partition coefficient (Wildman–Crippen LogP) is 2.45.